The van der Waals surface area contributed by atoms with Gasteiger partial charge in [0.15, 0.2) is 73.8 Å². The van der Waals surface area contributed by atoms with Crippen molar-refractivity contribution in [3.05, 3.63) is 0 Å². The highest BCUT2D eigenvalue weighted by atomic mass is 16.8. The zero-order chi connectivity index (χ0) is 51.0. The molecule has 384 valence electrons. The van der Waals surface area contributed by atoms with E-state index in [9.17, 15) is 47.9 Å². The van der Waals surface area contributed by atoms with E-state index in [0.717, 1.165) is 69.2 Å². The lowest BCUT2D eigenvalue weighted by molar-refractivity contribution is -0.345. The Morgan fingerprint density at radius 2 is 0.574 bits per heavy atom. The van der Waals surface area contributed by atoms with Crippen molar-refractivity contribution in [1.82, 2.24) is 0 Å². The van der Waals surface area contributed by atoms with Gasteiger partial charge in [-0.05, 0) is 6.42 Å². The molecule has 0 aliphatic carbocycles. The van der Waals surface area contributed by atoms with Crippen molar-refractivity contribution in [2.24, 2.45) is 0 Å². The summed E-state index contributed by atoms with van der Waals surface area (Å²) in [5.74, 6) is -9.04. The van der Waals surface area contributed by atoms with Crippen molar-refractivity contribution in [3.8, 4) is 0 Å². The first-order valence-corrected chi connectivity index (χ1v) is 21.4. The Morgan fingerprint density at radius 3 is 0.838 bits per heavy atom. The van der Waals surface area contributed by atoms with Gasteiger partial charge in [-0.2, -0.15) is 0 Å². The summed E-state index contributed by atoms with van der Waals surface area (Å²) in [4.78, 5) is 124. The molecule has 26 nitrogen and oxygen atoms in total. The molecule has 0 unspecified atom stereocenters. The Bertz CT molecular complexity index is 1800. The Kier molecular flexibility index (Phi) is 22.4. The smallest absolute Gasteiger partial charge is 0.303 e. The number of ether oxygens (including phenoxy) is 16. The first-order chi connectivity index (χ1) is 31.9. The van der Waals surface area contributed by atoms with Crippen molar-refractivity contribution in [1.29, 1.82) is 0 Å². The fourth-order valence-corrected chi connectivity index (χ4v) is 7.29. The molecule has 3 aliphatic rings. The summed E-state index contributed by atoms with van der Waals surface area (Å²) in [5.41, 5.74) is 0. The van der Waals surface area contributed by atoms with E-state index in [0.29, 0.717) is 12.8 Å². The van der Waals surface area contributed by atoms with Crippen LogP contribution in [-0.4, -0.2) is 178 Å². The topological polar surface area (TPSA) is 318 Å². The van der Waals surface area contributed by atoms with Crippen LogP contribution in [0.1, 0.15) is 89.0 Å². The van der Waals surface area contributed by atoms with Crippen LogP contribution in [0.3, 0.4) is 0 Å². The van der Waals surface area contributed by atoms with Crippen LogP contribution in [0.15, 0.2) is 0 Å². The number of rotatable bonds is 21. The predicted molar refractivity (Wildman–Crippen MR) is 215 cm³/mol. The highest BCUT2D eigenvalue weighted by molar-refractivity contribution is 5.70. The van der Waals surface area contributed by atoms with E-state index in [4.69, 9.17) is 75.8 Å². The van der Waals surface area contributed by atoms with Crippen LogP contribution >= 0.6 is 0 Å². The maximum absolute atomic E-state index is 12.7. The second-order valence-corrected chi connectivity index (χ2v) is 15.5. The van der Waals surface area contributed by atoms with Gasteiger partial charge in [-0.25, -0.2) is 0 Å². The zero-order valence-corrected chi connectivity index (χ0v) is 39.5. The molecule has 26 heteroatoms. The van der Waals surface area contributed by atoms with Crippen LogP contribution < -0.4 is 0 Å². The summed E-state index contributed by atoms with van der Waals surface area (Å²) >= 11 is 0. The van der Waals surface area contributed by atoms with Gasteiger partial charge in [0.1, 0.15) is 24.9 Å². The Morgan fingerprint density at radius 1 is 0.324 bits per heavy atom. The number of hydrogen-bond acceptors (Lipinski definition) is 26. The second-order valence-electron chi connectivity index (χ2n) is 15.5. The monoisotopic (exact) mass is 980 g/mol. The molecular weight excluding hydrogens is 920 g/mol. The molecule has 3 aliphatic heterocycles. The fraction of sp³-hybridized carbons (Fsp3) is 0.762. The summed E-state index contributed by atoms with van der Waals surface area (Å²) in [6.45, 7) is 10.2. The first kappa shape index (κ1) is 56.8. The molecular formula is C42H60O26. The number of esters is 10. The minimum atomic E-state index is -1.83. The van der Waals surface area contributed by atoms with Crippen molar-refractivity contribution in [3.63, 3.8) is 0 Å². The third-order valence-corrected chi connectivity index (χ3v) is 9.57. The standard InChI is InChI=1S/C42H60O26/c1-12-13-14-53-40-37(63-25(9)50)34(60-22(6)47)32(58-20(4)45)29(66-40)16-55-42-39(65-27(11)52)36(62-24(8)49)33(59-21(5)46)30(68-42)17-56-41-38(64-26(10)51)35(61-23(7)48)31(57-19(3)44)28(67-41)15-54-18(2)43/h28-42H,12-17H2,1-11H3/t28-,29-,30-,31+,32-,33+,34+,35+,36+,37-,38-,39-,40-,41+,42+/m1/s1. The van der Waals surface area contributed by atoms with Gasteiger partial charge in [0.2, 0.25) is 0 Å². The lowest BCUT2D eigenvalue weighted by Crippen LogP contribution is -2.65. The Labute approximate surface area is 390 Å². The lowest BCUT2D eigenvalue weighted by atomic mass is 9.96. The molecule has 0 saturated carbocycles. The van der Waals surface area contributed by atoms with E-state index in [1.54, 1.807) is 0 Å². The summed E-state index contributed by atoms with van der Waals surface area (Å²) in [6.07, 6.45) is -23.1. The van der Waals surface area contributed by atoms with Crippen LogP contribution in [0.4, 0.5) is 0 Å². The summed E-state index contributed by atoms with van der Waals surface area (Å²) in [5, 5.41) is 0. The van der Waals surface area contributed by atoms with Gasteiger partial charge in [0.05, 0.1) is 13.2 Å². The maximum Gasteiger partial charge on any atom is 0.303 e. The lowest BCUT2D eigenvalue weighted by Gasteiger charge is -2.47. The van der Waals surface area contributed by atoms with Gasteiger partial charge in [0, 0.05) is 75.8 Å². The minimum absolute atomic E-state index is 0.0701. The molecule has 15 atom stereocenters. The van der Waals surface area contributed by atoms with Crippen molar-refractivity contribution >= 4 is 59.7 Å². The van der Waals surface area contributed by atoms with Gasteiger partial charge in [0.25, 0.3) is 0 Å². The normalized spacial score (nSPS) is 31.1. The van der Waals surface area contributed by atoms with E-state index >= 15 is 0 Å². The molecule has 68 heavy (non-hydrogen) atoms. The second kappa shape index (κ2) is 26.9. The van der Waals surface area contributed by atoms with Crippen molar-refractivity contribution in [2.45, 2.75) is 181 Å². The van der Waals surface area contributed by atoms with Gasteiger partial charge in [-0.3, -0.25) is 47.9 Å². The molecule has 0 spiro atoms. The van der Waals surface area contributed by atoms with Gasteiger partial charge in [-0.15, -0.1) is 0 Å². The average molecular weight is 981 g/mol. The molecule has 3 saturated heterocycles. The number of hydrogen-bond donors (Lipinski definition) is 0. The third kappa shape index (κ3) is 17.5. The highest BCUT2D eigenvalue weighted by Gasteiger charge is 2.57. The molecule has 3 rings (SSSR count). The number of carbonyl (C=O) groups is 10. The van der Waals surface area contributed by atoms with Crippen molar-refractivity contribution < 1.29 is 124 Å². The predicted octanol–water partition coefficient (Wildman–Crippen LogP) is -0.0406. The van der Waals surface area contributed by atoms with Crippen LogP contribution in [0, 0.1) is 0 Å². The average Bonchev–Trinajstić information content (AvgIpc) is 3.20. The quantitative estimate of drug-likeness (QED) is 0.0827. The maximum atomic E-state index is 12.7. The van der Waals surface area contributed by atoms with Crippen LogP contribution in [0.5, 0.6) is 0 Å². The molecule has 3 heterocycles. The molecule has 0 N–H and O–H groups in total. The molecule has 0 radical (unpaired) electrons. The van der Waals surface area contributed by atoms with Crippen molar-refractivity contribution in [2.75, 3.05) is 26.4 Å². The summed E-state index contributed by atoms with van der Waals surface area (Å²) in [6, 6.07) is 0. The van der Waals surface area contributed by atoms with Crippen LogP contribution in [0.25, 0.3) is 0 Å². The largest absolute Gasteiger partial charge is 0.463 e. The van der Waals surface area contributed by atoms with E-state index in [-0.39, 0.29) is 6.61 Å². The summed E-state index contributed by atoms with van der Waals surface area (Å²) < 4.78 is 91.4. The first-order valence-electron chi connectivity index (χ1n) is 21.4. The zero-order valence-electron chi connectivity index (χ0n) is 39.5. The van der Waals surface area contributed by atoms with Crippen LogP contribution in [0.2, 0.25) is 0 Å². The van der Waals surface area contributed by atoms with Crippen LogP contribution in [-0.2, 0) is 124 Å². The Hall–Kier alpha value is -5.54. The van der Waals surface area contributed by atoms with E-state index in [2.05, 4.69) is 0 Å². The molecule has 0 aromatic rings. The molecule has 3 fully saturated rings. The molecule has 0 bridgehead atoms. The van der Waals surface area contributed by atoms with E-state index in [1.165, 1.54) is 0 Å². The minimum Gasteiger partial charge on any atom is -0.463 e. The molecule has 0 aromatic heterocycles. The molecule has 0 aromatic carbocycles. The fourth-order valence-electron chi connectivity index (χ4n) is 7.29. The summed E-state index contributed by atoms with van der Waals surface area (Å²) in [7, 11) is 0. The van der Waals surface area contributed by atoms with Gasteiger partial charge >= 0.3 is 59.7 Å². The van der Waals surface area contributed by atoms with Gasteiger partial charge < -0.3 is 75.8 Å². The number of unbranched alkanes of at least 4 members (excludes halogenated alkanes) is 1. The van der Waals surface area contributed by atoms with Gasteiger partial charge in [-0.1, -0.05) is 13.3 Å². The SMILES string of the molecule is CCCCO[C@@H]1O[C@H](CO[C@H]2O[C@H](CO[C@H]3O[C@H](COC(C)=O)[C@H](OC(C)=O)[C@H](OC(C)=O)[C@H]3OC(C)=O)[C@H](OC(C)=O)[C@H](OC(C)=O)[C@H]2OC(C)=O)[C@@H](OC(C)=O)[C@H](OC(C)=O)[C@H]1OC(C)=O. The van der Waals surface area contributed by atoms with E-state index < -0.39 is 172 Å². The Balaban J connectivity index is 2.15. The van der Waals surface area contributed by atoms with E-state index in [1.807, 2.05) is 6.92 Å². The number of carbonyl (C=O) groups excluding carboxylic acids is 10. The third-order valence-electron chi connectivity index (χ3n) is 9.57. The highest BCUT2D eigenvalue weighted by Crippen LogP contribution is 2.35. The molecule has 0 amide bonds.